The van der Waals surface area contributed by atoms with E-state index in [1.165, 1.54) is 60.7 Å². The van der Waals surface area contributed by atoms with Crippen LogP contribution in [-0.4, -0.2) is 27.1 Å². The lowest BCUT2D eigenvalue weighted by Gasteiger charge is -2.29. The van der Waals surface area contributed by atoms with Gasteiger partial charge in [-0.2, -0.15) is 0 Å². The van der Waals surface area contributed by atoms with Gasteiger partial charge in [0.05, 0.1) is 11.4 Å². The number of nitrogens with zero attached hydrogens (tertiary/aromatic N) is 3. The quantitative estimate of drug-likeness (QED) is 0.821. The molecule has 0 spiro atoms. The summed E-state index contributed by atoms with van der Waals surface area (Å²) in [6.07, 6.45) is 4.15. The standard InChI is InChI=1S/C18H25N3/c1-14-12-17-16-7-6-15(2)20(16)10-11-21(17)18(14)13-19-8-4-3-5-9-19/h6-7,12H,3-5,8-11,13H2,1-2H3. The van der Waals surface area contributed by atoms with E-state index in [1.54, 1.807) is 0 Å². The molecule has 0 aromatic carbocycles. The lowest BCUT2D eigenvalue weighted by molar-refractivity contribution is 0.215. The third-order valence-electron chi connectivity index (χ3n) is 5.26. The third kappa shape index (κ3) is 2.15. The number of likely N-dealkylation sites (tertiary alicyclic amines) is 1. The molecule has 0 amide bonds. The molecule has 4 rings (SSSR count). The van der Waals surface area contributed by atoms with Crippen LogP contribution >= 0.6 is 0 Å². The third-order valence-corrected chi connectivity index (χ3v) is 5.26. The summed E-state index contributed by atoms with van der Waals surface area (Å²) in [7, 11) is 0. The number of hydrogen-bond acceptors (Lipinski definition) is 1. The molecule has 21 heavy (non-hydrogen) atoms. The normalized spacial score (nSPS) is 18.6. The first-order valence-corrected chi connectivity index (χ1v) is 8.32. The topological polar surface area (TPSA) is 13.1 Å². The summed E-state index contributed by atoms with van der Waals surface area (Å²) >= 11 is 0. The van der Waals surface area contributed by atoms with Gasteiger partial charge >= 0.3 is 0 Å². The molecule has 0 N–H and O–H groups in total. The van der Waals surface area contributed by atoms with Crippen LogP contribution in [0.3, 0.4) is 0 Å². The molecular weight excluding hydrogens is 258 g/mol. The van der Waals surface area contributed by atoms with Crippen LogP contribution < -0.4 is 0 Å². The van der Waals surface area contributed by atoms with E-state index >= 15 is 0 Å². The fourth-order valence-electron chi connectivity index (χ4n) is 4.02. The fourth-order valence-corrected chi connectivity index (χ4v) is 4.02. The Morgan fingerprint density at radius 2 is 1.62 bits per heavy atom. The molecule has 2 aliphatic heterocycles. The molecule has 1 fully saturated rings. The van der Waals surface area contributed by atoms with E-state index in [4.69, 9.17) is 0 Å². The van der Waals surface area contributed by atoms with Gasteiger partial charge in [-0.1, -0.05) is 6.42 Å². The number of fused-ring (bicyclic) bond motifs is 3. The summed E-state index contributed by atoms with van der Waals surface area (Å²) in [4.78, 5) is 2.64. The van der Waals surface area contributed by atoms with Crippen LogP contribution in [0.1, 0.15) is 36.2 Å². The van der Waals surface area contributed by atoms with Crippen molar-refractivity contribution >= 4 is 0 Å². The minimum atomic E-state index is 1.11. The molecule has 0 radical (unpaired) electrons. The van der Waals surface area contributed by atoms with Gasteiger partial charge in [-0.15, -0.1) is 0 Å². The molecule has 0 bridgehead atoms. The number of aromatic nitrogens is 2. The number of hydrogen-bond donors (Lipinski definition) is 0. The van der Waals surface area contributed by atoms with E-state index in [-0.39, 0.29) is 0 Å². The van der Waals surface area contributed by atoms with E-state index in [1.807, 2.05) is 0 Å². The van der Waals surface area contributed by atoms with Crippen LogP contribution in [-0.2, 0) is 19.6 Å². The smallest absolute Gasteiger partial charge is 0.0654 e. The predicted octanol–water partition coefficient (Wildman–Crippen LogP) is 3.57. The zero-order valence-corrected chi connectivity index (χ0v) is 13.2. The highest BCUT2D eigenvalue weighted by molar-refractivity contribution is 5.61. The van der Waals surface area contributed by atoms with Gasteiger partial charge in [0.1, 0.15) is 0 Å². The minimum Gasteiger partial charge on any atom is -0.342 e. The Hall–Kier alpha value is -1.48. The molecule has 0 unspecified atom stereocenters. The monoisotopic (exact) mass is 283 g/mol. The van der Waals surface area contributed by atoms with Gasteiger partial charge < -0.3 is 9.13 Å². The van der Waals surface area contributed by atoms with Crippen molar-refractivity contribution in [1.29, 1.82) is 0 Å². The van der Waals surface area contributed by atoms with Crippen LogP contribution in [0.25, 0.3) is 11.4 Å². The Balaban J connectivity index is 1.69. The molecule has 2 aromatic rings. The van der Waals surface area contributed by atoms with E-state index in [0.717, 1.165) is 19.6 Å². The zero-order valence-electron chi connectivity index (χ0n) is 13.2. The maximum Gasteiger partial charge on any atom is 0.0654 e. The van der Waals surface area contributed by atoms with Crippen LogP contribution in [0.15, 0.2) is 18.2 Å². The van der Waals surface area contributed by atoms with Crippen molar-refractivity contribution in [2.75, 3.05) is 13.1 Å². The SMILES string of the molecule is Cc1cc2n(c1CN1CCCCC1)CCn1c(C)ccc1-2. The van der Waals surface area contributed by atoms with Crippen molar-refractivity contribution in [1.82, 2.24) is 14.0 Å². The summed E-state index contributed by atoms with van der Waals surface area (Å²) in [5.74, 6) is 0. The Morgan fingerprint density at radius 1 is 0.857 bits per heavy atom. The van der Waals surface area contributed by atoms with Gasteiger partial charge in [-0.3, -0.25) is 4.90 Å². The van der Waals surface area contributed by atoms with Gasteiger partial charge in [0, 0.05) is 31.0 Å². The van der Waals surface area contributed by atoms with Gasteiger partial charge in [-0.25, -0.2) is 0 Å². The van der Waals surface area contributed by atoms with Crippen molar-refractivity contribution in [3.8, 4) is 11.4 Å². The molecule has 3 heteroatoms. The molecule has 2 aliphatic rings. The first-order valence-electron chi connectivity index (χ1n) is 8.32. The van der Waals surface area contributed by atoms with Crippen molar-refractivity contribution in [2.24, 2.45) is 0 Å². The van der Waals surface area contributed by atoms with Crippen LogP contribution in [0, 0.1) is 13.8 Å². The molecular formula is C18H25N3. The number of piperidine rings is 1. The highest BCUT2D eigenvalue weighted by Crippen LogP contribution is 2.32. The zero-order chi connectivity index (χ0) is 14.4. The molecule has 112 valence electrons. The second-order valence-electron chi connectivity index (χ2n) is 6.66. The maximum atomic E-state index is 2.64. The molecule has 2 aromatic heterocycles. The van der Waals surface area contributed by atoms with Crippen LogP contribution in [0.2, 0.25) is 0 Å². The first kappa shape index (κ1) is 13.2. The second-order valence-corrected chi connectivity index (χ2v) is 6.66. The van der Waals surface area contributed by atoms with Gasteiger partial charge in [-0.05, 0) is 63.5 Å². The second kappa shape index (κ2) is 5.06. The van der Waals surface area contributed by atoms with Gasteiger partial charge in [0.2, 0.25) is 0 Å². The van der Waals surface area contributed by atoms with E-state index in [9.17, 15) is 0 Å². The molecule has 0 aliphatic carbocycles. The summed E-state index contributed by atoms with van der Waals surface area (Å²) in [6, 6.07) is 6.92. The van der Waals surface area contributed by atoms with E-state index in [0.29, 0.717) is 0 Å². The molecule has 0 saturated carbocycles. The van der Waals surface area contributed by atoms with Crippen LogP contribution in [0.5, 0.6) is 0 Å². The van der Waals surface area contributed by atoms with Crippen molar-refractivity contribution in [3.05, 3.63) is 35.2 Å². The molecule has 0 atom stereocenters. The summed E-state index contributed by atoms with van der Waals surface area (Å²) in [5.41, 5.74) is 7.19. The average molecular weight is 283 g/mol. The molecule has 4 heterocycles. The van der Waals surface area contributed by atoms with Gasteiger partial charge in [0.25, 0.3) is 0 Å². The predicted molar refractivity (Wildman–Crippen MR) is 86.5 cm³/mol. The number of rotatable bonds is 2. The Labute approximate surface area is 127 Å². The largest absolute Gasteiger partial charge is 0.342 e. The van der Waals surface area contributed by atoms with Crippen LogP contribution in [0.4, 0.5) is 0 Å². The lowest BCUT2D eigenvalue weighted by Crippen LogP contribution is -2.31. The van der Waals surface area contributed by atoms with E-state index < -0.39 is 0 Å². The molecule has 3 nitrogen and oxygen atoms in total. The van der Waals surface area contributed by atoms with E-state index in [2.05, 4.69) is 46.1 Å². The van der Waals surface area contributed by atoms with Crippen molar-refractivity contribution in [2.45, 2.75) is 52.7 Å². The van der Waals surface area contributed by atoms with Crippen molar-refractivity contribution < 1.29 is 0 Å². The minimum absolute atomic E-state index is 1.11. The fraction of sp³-hybridized carbons (Fsp3) is 0.556. The summed E-state index contributed by atoms with van der Waals surface area (Å²) in [6.45, 7) is 10.4. The summed E-state index contributed by atoms with van der Waals surface area (Å²) < 4.78 is 5.03. The van der Waals surface area contributed by atoms with Gasteiger partial charge in [0.15, 0.2) is 0 Å². The highest BCUT2D eigenvalue weighted by atomic mass is 15.2. The van der Waals surface area contributed by atoms with Crippen molar-refractivity contribution in [3.63, 3.8) is 0 Å². The first-order chi connectivity index (χ1) is 10.2. The lowest BCUT2D eigenvalue weighted by atomic mass is 10.1. The number of aryl methyl sites for hydroxylation is 2. The average Bonchev–Trinajstić information content (AvgIpc) is 3.02. The highest BCUT2D eigenvalue weighted by Gasteiger charge is 2.22. The molecule has 1 saturated heterocycles. The maximum absolute atomic E-state index is 2.64. The summed E-state index contributed by atoms with van der Waals surface area (Å²) in [5, 5.41) is 0. The Morgan fingerprint density at radius 3 is 2.43 bits per heavy atom. The Kier molecular flexibility index (Phi) is 3.18. The Bertz CT molecular complexity index is 656.